The van der Waals surface area contributed by atoms with Crippen molar-refractivity contribution in [3.63, 3.8) is 0 Å². The van der Waals surface area contributed by atoms with Gasteiger partial charge in [0.25, 0.3) is 17.6 Å². The van der Waals surface area contributed by atoms with Crippen LogP contribution in [0.4, 0.5) is 5.69 Å². The molecule has 9 heteroatoms. The third-order valence-corrected chi connectivity index (χ3v) is 6.88. The number of amides is 2. The minimum Gasteiger partial charge on any atom is -0.507 e. The van der Waals surface area contributed by atoms with E-state index in [9.17, 15) is 19.5 Å². The fraction of sp³-hybridized carbons (Fsp3) is 0.370. The number of anilines is 1. The lowest BCUT2D eigenvalue weighted by atomic mass is 9.82. The second-order valence-corrected chi connectivity index (χ2v) is 8.90. The molecule has 0 aromatic heterocycles. The first-order chi connectivity index (χ1) is 17.5. The van der Waals surface area contributed by atoms with Crippen LogP contribution < -0.4 is 14.4 Å². The maximum absolute atomic E-state index is 14.3. The predicted octanol–water partition coefficient (Wildman–Crippen LogP) is 2.83. The van der Waals surface area contributed by atoms with Gasteiger partial charge in [-0.25, -0.2) is 0 Å². The molecule has 1 spiro atoms. The van der Waals surface area contributed by atoms with E-state index in [4.69, 9.17) is 14.2 Å². The molecule has 0 aliphatic carbocycles. The number of aliphatic hydroxyl groups is 1. The number of unbranched alkanes of at least 4 members (excludes halogenated alkanes) is 1. The van der Waals surface area contributed by atoms with E-state index in [1.54, 1.807) is 41.3 Å². The van der Waals surface area contributed by atoms with Crippen molar-refractivity contribution >= 4 is 29.0 Å². The fourth-order valence-corrected chi connectivity index (χ4v) is 5.22. The SMILES string of the molecule is CCCCN1C(=O)[C@]2(C(=C(O)c3ccc4c(c3)OCCO4)C(=O)C(=O)N2CCOC)c2ccccc21. The molecule has 1 N–H and O–H groups in total. The minimum absolute atomic E-state index is 0.000679. The van der Waals surface area contributed by atoms with Crippen LogP contribution in [0.2, 0.25) is 0 Å². The van der Waals surface area contributed by atoms with Gasteiger partial charge < -0.3 is 29.1 Å². The summed E-state index contributed by atoms with van der Waals surface area (Å²) in [5.74, 6) is -1.72. The summed E-state index contributed by atoms with van der Waals surface area (Å²) < 4.78 is 16.4. The highest BCUT2D eigenvalue weighted by Crippen LogP contribution is 2.53. The molecule has 2 amide bonds. The normalized spacial score (nSPS) is 22.0. The van der Waals surface area contributed by atoms with Gasteiger partial charge in [-0.15, -0.1) is 0 Å². The zero-order valence-electron chi connectivity index (χ0n) is 20.3. The van der Waals surface area contributed by atoms with Crippen molar-refractivity contribution in [3.05, 3.63) is 59.2 Å². The third-order valence-electron chi connectivity index (χ3n) is 6.88. The van der Waals surface area contributed by atoms with Crippen molar-refractivity contribution in [3.8, 4) is 11.5 Å². The Morgan fingerprint density at radius 3 is 2.56 bits per heavy atom. The molecule has 1 saturated heterocycles. The number of nitrogens with zero attached hydrogens (tertiary/aromatic N) is 2. The number of ketones is 1. The molecule has 1 atom stereocenters. The van der Waals surface area contributed by atoms with E-state index in [1.807, 2.05) is 13.0 Å². The van der Waals surface area contributed by atoms with Crippen LogP contribution >= 0.6 is 0 Å². The van der Waals surface area contributed by atoms with Crippen molar-refractivity contribution < 1.29 is 33.7 Å². The summed E-state index contributed by atoms with van der Waals surface area (Å²) in [6.45, 7) is 3.31. The summed E-state index contributed by atoms with van der Waals surface area (Å²) in [6.07, 6.45) is 1.60. The van der Waals surface area contributed by atoms with Gasteiger partial charge in [-0.1, -0.05) is 31.5 Å². The van der Waals surface area contributed by atoms with Crippen LogP contribution in [0.25, 0.3) is 5.76 Å². The molecule has 2 aromatic rings. The number of likely N-dealkylation sites (tertiary alicyclic amines) is 1. The number of para-hydroxylation sites is 1. The molecule has 5 rings (SSSR count). The molecule has 2 aromatic carbocycles. The van der Waals surface area contributed by atoms with Gasteiger partial charge in [0, 0.05) is 31.3 Å². The van der Waals surface area contributed by atoms with Gasteiger partial charge in [-0.3, -0.25) is 14.4 Å². The molecule has 3 heterocycles. The second kappa shape index (κ2) is 9.31. The van der Waals surface area contributed by atoms with Crippen LogP contribution in [0.1, 0.15) is 30.9 Å². The van der Waals surface area contributed by atoms with Crippen LogP contribution in [0, 0.1) is 0 Å². The van der Waals surface area contributed by atoms with Gasteiger partial charge in [0.1, 0.15) is 19.0 Å². The molecule has 3 aliphatic heterocycles. The predicted molar refractivity (Wildman–Crippen MR) is 131 cm³/mol. The first-order valence-corrected chi connectivity index (χ1v) is 12.1. The van der Waals surface area contributed by atoms with Crippen molar-refractivity contribution in [2.45, 2.75) is 25.3 Å². The molecule has 3 aliphatic rings. The van der Waals surface area contributed by atoms with E-state index in [1.165, 1.54) is 12.0 Å². The standard InChI is InChI=1S/C27H28N2O7/c1-3-4-11-28-19-8-6-5-7-18(19)27(26(28)33)22(24(31)25(32)29(27)12-13-34-2)23(30)17-9-10-20-21(16-17)36-15-14-35-20/h5-10,16,30H,3-4,11-15H2,1-2H3/t27-/m1/s1. The Labute approximate surface area is 208 Å². The Bertz CT molecular complexity index is 1270. The summed E-state index contributed by atoms with van der Waals surface area (Å²) in [5, 5.41) is 11.6. The average molecular weight is 493 g/mol. The highest BCUT2D eigenvalue weighted by Gasteiger charge is 2.66. The smallest absolute Gasteiger partial charge is 0.296 e. The number of benzene rings is 2. The minimum atomic E-state index is -1.80. The third kappa shape index (κ3) is 3.37. The number of aliphatic hydroxyl groups excluding tert-OH is 1. The molecule has 0 saturated carbocycles. The topological polar surface area (TPSA) is 106 Å². The zero-order chi connectivity index (χ0) is 25.4. The number of carbonyl (C=O) groups excluding carboxylic acids is 3. The fourth-order valence-electron chi connectivity index (χ4n) is 5.22. The number of methoxy groups -OCH3 is 1. The van der Waals surface area contributed by atoms with Crippen molar-refractivity contribution in [1.82, 2.24) is 4.90 Å². The van der Waals surface area contributed by atoms with E-state index in [-0.39, 0.29) is 24.3 Å². The number of rotatable bonds is 7. The summed E-state index contributed by atoms with van der Waals surface area (Å²) in [7, 11) is 1.48. The molecule has 188 valence electrons. The maximum Gasteiger partial charge on any atom is 0.296 e. The van der Waals surface area contributed by atoms with Crippen molar-refractivity contribution in [1.29, 1.82) is 0 Å². The quantitative estimate of drug-likeness (QED) is 0.360. The van der Waals surface area contributed by atoms with E-state index in [0.717, 1.165) is 12.8 Å². The molecular formula is C27H28N2O7. The van der Waals surface area contributed by atoms with Crippen LogP contribution in [0.5, 0.6) is 11.5 Å². The Kier molecular flexibility index (Phi) is 6.17. The summed E-state index contributed by atoms with van der Waals surface area (Å²) in [5.41, 5.74) is -0.694. The Morgan fingerprint density at radius 1 is 1.06 bits per heavy atom. The molecule has 1 fully saturated rings. The van der Waals surface area contributed by atoms with E-state index < -0.39 is 28.9 Å². The summed E-state index contributed by atoms with van der Waals surface area (Å²) >= 11 is 0. The van der Waals surface area contributed by atoms with Crippen LogP contribution in [0.3, 0.4) is 0 Å². The monoisotopic (exact) mass is 492 g/mol. The maximum atomic E-state index is 14.3. The van der Waals surface area contributed by atoms with Gasteiger partial charge >= 0.3 is 0 Å². The molecular weight excluding hydrogens is 464 g/mol. The molecule has 0 unspecified atom stereocenters. The number of Topliss-reactive ketones (excluding diaryl/α,β-unsaturated/α-hetero) is 1. The average Bonchev–Trinajstić information content (AvgIpc) is 3.28. The Balaban J connectivity index is 1.76. The van der Waals surface area contributed by atoms with Crippen LogP contribution in [0.15, 0.2) is 48.0 Å². The Hall–Kier alpha value is -3.85. The molecule has 9 nitrogen and oxygen atoms in total. The lowest BCUT2D eigenvalue weighted by molar-refractivity contribution is -0.144. The number of hydrogen-bond acceptors (Lipinski definition) is 7. The zero-order valence-corrected chi connectivity index (χ0v) is 20.3. The largest absolute Gasteiger partial charge is 0.507 e. The highest BCUT2D eigenvalue weighted by molar-refractivity contribution is 6.50. The number of fused-ring (bicyclic) bond motifs is 3. The number of carbonyl (C=O) groups is 3. The van der Waals surface area contributed by atoms with Gasteiger partial charge in [0.2, 0.25) is 0 Å². The van der Waals surface area contributed by atoms with Crippen LogP contribution in [-0.4, -0.2) is 67.6 Å². The van der Waals surface area contributed by atoms with Gasteiger partial charge in [0.05, 0.1) is 17.9 Å². The second-order valence-electron chi connectivity index (χ2n) is 8.90. The molecule has 36 heavy (non-hydrogen) atoms. The lowest BCUT2D eigenvalue weighted by Gasteiger charge is -2.34. The number of hydrogen-bond donors (Lipinski definition) is 1. The van der Waals surface area contributed by atoms with Gasteiger partial charge in [-0.2, -0.15) is 0 Å². The highest BCUT2D eigenvalue weighted by atomic mass is 16.6. The van der Waals surface area contributed by atoms with E-state index in [2.05, 4.69) is 0 Å². The summed E-state index contributed by atoms with van der Waals surface area (Å²) in [4.78, 5) is 44.1. The van der Waals surface area contributed by atoms with Gasteiger partial charge in [-0.05, 0) is 30.7 Å². The van der Waals surface area contributed by atoms with Crippen molar-refractivity contribution in [2.24, 2.45) is 0 Å². The molecule has 0 bridgehead atoms. The van der Waals surface area contributed by atoms with Gasteiger partial charge in [0.15, 0.2) is 17.0 Å². The molecule has 0 radical (unpaired) electrons. The van der Waals surface area contributed by atoms with Crippen molar-refractivity contribution in [2.75, 3.05) is 44.9 Å². The number of ether oxygens (including phenoxy) is 3. The first kappa shape index (κ1) is 23.9. The van der Waals surface area contributed by atoms with Crippen LogP contribution in [-0.2, 0) is 24.7 Å². The van der Waals surface area contributed by atoms with E-state index in [0.29, 0.717) is 42.5 Å². The first-order valence-electron chi connectivity index (χ1n) is 12.1. The lowest BCUT2D eigenvalue weighted by Crippen LogP contribution is -2.52. The van der Waals surface area contributed by atoms with E-state index >= 15 is 0 Å². The summed E-state index contributed by atoms with van der Waals surface area (Å²) in [6, 6.07) is 11.9. The Morgan fingerprint density at radius 2 is 1.81 bits per heavy atom.